The molecule has 0 unspecified atom stereocenters. The van der Waals surface area contributed by atoms with Crippen LogP contribution in [0.4, 0.5) is 10.1 Å². The molecule has 0 bridgehead atoms. The van der Waals surface area contributed by atoms with Crippen LogP contribution < -0.4 is 10.1 Å². The van der Waals surface area contributed by atoms with Gasteiger partial charge in [-0.2, -0.15) is 0 Å². The largest absolute Gasteiger partial charge is 0.465 e. The van der Waals surface area contributed by atoms with Gasteiger partial charge in [0.1, 0.15) is 22.2 Å². The summed E-state index contributed by atoms with van der Waals surface area (Å²) in [6.45, 7) is 0. The van der Waals surface area contributed by atoms with Crippen molar-refractivity contribution in [2.24, 2.45) is 0 Å². The molecular formula is C19H14FNO4S. The van der Waals surface area contributed by atoms with Crippen LogP contribution in [0.5, 0.6) is 11.5 Å². The number of benzene rings is 2. The highest BCUT2D eigenvalue weighted by molar-refractivity contribution is 7.16. The Bertz CT molecular complexity index is 937. The van der Waals surface area contributed by atoms with Gasteiger partial charge in [-0.25, -0.2) is 9.18 Å². The smallest absolute Gasteiger partial charge is 0.348 e. The number of anilines is 1. The number of hydrogen-bond donors (Lipinski definition) is 1. The first-order valence-corrected chi connectivity index (χ1v) is 8.40. The fourth-order valence-electron chi connectivity index (χ4n) is 2.14. The first-order valence-electron chi connectivity index (χ1n) is 7.58. The Hall–Kier alpha value is -3.19. The molecule has 0 saturated carbocycles. The monoisotopic (exact) mass is 371 g/mol. The highest BCUT2D eigenvalue weighted by Gasteiger charge is 2.14. The van der Waals surface area contributed by atoms with Crippen molar-refractivity contribution < 1.29 is 23.5 Å². The summed E-state index contributed by atoms with van der Waals surface area (Å²) >= 11 is 1.05. The van der Waals surface area contributed by atoms with E-state index in [2.05, 4.69) is 10.1 Å². The number of halogens is 1. The van der Waals surface area contributed by atoms with E-state index in [4.69, 9.17) is 4.74 Å². The van der Waals surface area contributed by atoms with Crippen LogP contribution in [0.15, 0.2) is 60.7 Å². The number of carbonyl (C=O) groups excluding carboxylic acids is 2. The summed E-state index contributed by atoms with van der Waals surface area (Å²) in [5.74, 6) is -0.293. The minimum absolute atomic E-state index is 0.330. The summed E-state index contributed by atoms with van der Waals surface area (Å²) in [6, 6.07) is 15.6. The van der Waals surface area contributed by atoms with Gasteiger partial charge in [0, 0.05) is 11.8 Å². The van der Waals surface area contributed by atoms with Crippen molar-refractivity contribution >= 4 is 28.9 Å². The molecule has 0 fully saturated rings. The van der Waals surface area contributed by atoms with Crippen LogP contribution in [0, 0.1) is 5.82 Å². The Morgan fingerprint density at radius 3 is 2.38 bits per heavy atom. The Morgan fingerprint density at radius 1 is 0.962 bits per heavy atom. The average Bonchev–Trinajstić information content (AvgIpc) is 3.13. The standard InChI is InChI=1S/C19H14FNO4S/c1-24-19(23)17-10-9-16(26-17)18(22)21-13-5-7-14(8-6-13)25-15-4-2-3-12(20)11-15/h2-11H,1H3,(H,21,22). The first kappa shape index (κ1) is 17.6. The topological polar surface area (TPSA) is 64.6 Å². The molecule has 1 aromatic heterocycles. The van der Waals surface area contributed by atoms with Crippen molar-refractivity contribution in [2.75, 3.05) is 12.4 Å². The molecule has 0 radical (unpaired) electrons. The highest BCUT2D eigenvalue weighted by atomic mass is 32.1. The summed E-state index contributed by atoms with van der Waals surface area (Å²) in [5.41, 5.74) is 0.564. The zero-order valence-corrected chi connectivity index (χ0v) is 14.5. The maximum atomic E-state index is 13.2. The van der Waals surface area contributed by atoms with Crippen LogP contribution in [-0.2, 0) is 4.74 Å². The van der Waals surface area contributed by atoms with E-state index in [0.717, 1.165) is 11.3 Å². The van der Waals surface area contributed by atoms with Gasteiger partial charge in [-0.3, -0.25) is 4.79 Å². The minimum atomic E-state index is -0.479. The van der Waals surface area contributed by atoms with Crippen LogP contribution in [0.3, 0.4) is 0 Å². The number of hydrogen-bond acceptors (Lipinski definition) is 5. The number of carbonyl (C=O) groups is 2. The van der Waals surface area contributed by atoms with Crippen molar-refractivity contribution in [2.45, 2.75) is 0 Å². The third kappa shape index (κ3) is 4.25. The van der Waals surface area contributed by atoms with Gasteiger partial charge in [-0.1, -0.05) is 6.07 Å². The molecule has 0 aliphatic rings. The van der Waals surface area contributed by atoms with Crippen LogP contribution in [0.2, 0.25) is 0 Å². The molecule has 26 heavy (non-hydrogen) atoms. The molecule has 3 aromatic rings. The van der Waals surface area contributed by atoms with Gasteiger partial charge in [0.2, 0.25) is 0 Å². The fourth-order valence-corrected chi connectivity index (χ4v) is 2.96. The van der Waals surface area contributed by atoms with Gasteiger partial charge < -0.3 is 14.8 Å². The van der Waals surface area contributed by atoms with Crippen molar-refractivity contribution in [3.8, 4) is 11.5 Å². The van der Waals surface area contributed by atoms with E-state index in [9.17, 15) is 14.0 Å². The lowest BCUT2D eigenvalue weighted by Crippen LogP contribution is -2.09. The number of nitrogens with one attached hydrogen (secondary N) is 1. The Morgan fingerprint density at radius 2 is 1.69 bits per heavy atom. The first-order chi connectivity index (χ1) is 12.5. The van der Waals surface area contributed by atoms with E-state index in [0.29, 0.717) is 26.9 Å². The molecule has 5 nitrogen and oxygen atoms in total. The van der Waals surface area contributed by atoms with Crippen LogP contribution in [0.25, 0.3) is 0 Å². The molecule has 0 spiro atoms. The summed E-state index contributed by atoms with van der Waals surface area (Å²) in [4.78, 5) is 24.4. The van der Waals surface area contributed by atoms with E-state index in [1.165, 1.54) is 19.2 Å². The molecule has 1 heterocycles. The third-order valence-corrected chi connectivity index (χ3v) is 4.42. The lowest BCUT2D eigenvalue weighted by molar-refractivity contribution is 0.0606. The van der Waals surface area contributed by atoms with Crippen molar-refractivity contribution in [3.05, 3.63) is 76.2 Å². The predicted octanol–water partition coefficient (Wildman–Crippen LogP) is 4.72. The molecule has 1 N–H and O–H groups in total. The van der Waals surface area contributed by atoms with E-state index in [-0.39, 0.29) is 11.7 Å². The summed E-state index contributed by atoms with van der Waals surface area (Å²) in [7, 11) is 1.29. The summed E-state index contributed by atoms with van der Waals surface area (Å²) in [5, 5.41) is 2.73. The quantitative estimate of drug-likeness (QED) is 0.659. The molecule has 0 atom stereocenters. The van der Waals surface area contributed by atoms with Crippen molar-refractivity contribution in [1.82, 2.24) is 0 Å². The zero-order chi connectivity index (χ0) is 18.5. The second-order valence-corrected chi connectivity index (χ2v) is 6.28. The molecule has 132 valence electrons. The molecule has 2 aromatic carbocycles. The molecule has 1 amide bonds. The van der Waals surface area contributed by atoms with Crippen molar-refractivity contribution in [3.63, 3.8) is 0 Å². The van der Waals surface area contributed by atoms with Crippen LogP contribution in [-0.4, -0.2) is 19.0 Å². The maximum Gasteiger partial charge on any atom is 0.348 e. The molecule has 3 rings (SSSR count). The third-order valence-electron chi connectivity index (χ3n) is 3.36. The van der Waals surface area contributed by atoms with E-state index in [1.54, 1.807) is 48.5 Å². The molecule has 0 aliphatic heterocycles. The minimum Gasteiger partial charge on any atom is -0.465 e. The van der Waals surface area contributed by atoms with Crippen LogP contribution >= 0.6 is 11.3 Å². The second kappa shape index (κ2) is 7.79. The zero-order valence-electron chi connectivity index (χ0n) is 13.7. The average molecular weight is 371 g/mol. The number of methoxy groups -OCH3 is 1. The molecule has 0 aliphatic carbocycles. The van der Waals surface area contributed by atoms with Gasteiger partial charge >= 0.3 is 5.97 Å². The van der Waals surface area contributed by atoms with E-state index >= 15 is 0 Å². The SMILES string of the molecule is COC(=O)c1ccc(C(=O)Nc2ccc(Oc3cccc(F)c3)cc2)s1. The van der Waals surface area contributed by atoms with Gasteiger partial charge in [0.15, 0.2) is 0 Å². The summed E-state index contributed by atoms with van der Waals surface area (Å²) < 4.78 is 23.3. The Balaban J connectivity index is 1.64. The number of esters is 1. The highest BCUT2D eigenvalue weighted by Crippen LogP contribution is 2.24. The fraction of sp³-hybridized carbons (Fsp3) is 0.0526. The maximum absolute atomic E-state index is 13.2. The Kier molecular flexibility index (Phi) is 5.28. The number of amides is 1. The molecular weight excluding hydrogens is 357 g/mol. The lowest BCUT2D eigenvalue weighted by Gasteiger charge is -2.07. The summed E-state index contributed by atoms with van der Waals surface area (Å²) in [6.07, 6.45) is 0. The normalized spacial score (nSPS) is 10.2. The van der Waals surface area contributed by atoms with Gasteiger partial charge in [0.25, 0.3) is 5.91 Å². The predicted molar refractivity (Wildman–Crippen MR) is 96.5 cm³/mol. The molecule has 7 heteroatoms. The van der Waals surface area contributed by atoms with Gasteiger partial charge in [-0.15, -0.1) is 11.3 Å². The lowest BCUT2D eigenvalue weighted by atomic mass is 10.3. The van der Waals surface area contributed by atoms with Gasteiger partial charge in [0.05, 0.1) is 12.0 Å². The van der Waals surface area contributed by atoms with Crippen LogP contribution in [0.1, 0.15) is 19.3 Å². The number of ether oxygens (including phenoxy) is 2. The number of thiophene rings is 1. The van der Waals surface area contributed by atoms with E-state index < -0.39 is 5.97 Å². The van der Waals surface area contributed by atoms with E-state index in [1.807, 2.05) is 0 Å². The number of rotatable bonds is 5. The van der Waals surface area contributed by atoms with Crippen molar-refractivity contribution in [1.29, 1.82) is 0 Å². The second-order valence-electron chi connectivity index (χ2n) is 5.19. The molecule has 0 saturated heterocycles. The van der Waals surface area contributed by atoms with Gasteiger partial charge in [-0.05, 0) is 48.5 Å². The Labute approximate surface area is 153 Å².